The molecule has 0 radical (unpaired) electrons. The van der Waals surface area contributed by atoms with Crippen LogP contribution in [0.2, 0.25) is 0 Å². The number of amides is 1. The van der Waals surface area contributed by atoms with Crippen LogP contribution in [0.3, 0.4) is 0 Å². The summed E-state index contributed by atoms with van der Waals surface area (Å²) < 4.78 is 0. The van der Waals surface area contributed by atoms with Gasteiger partial charge < -0.3 is 10.0 Å². The smallest absolute Gasteiger partial charge is 0.223 e. The summed E-state index contributed by atoms with van der Waals surface area (Å²) in [7, 11) is 0. The molecule has 0 spiro atoms. The van der Waals surface area contributed by atoms with E-state index in [-0.39, 0.29) is 11.8 Å². The molecule has 5 heterocycles. The molecule has 3 atom stereocenters. The first-order valence-corrected chi connectivity index (χ1v) is 10.4. The Balaban J connectivity index is 1.39. The molecule has 28 heavy (non-hydrogen) atoms. The zero-order valence-electron chi connectivity index (χ0n) is 16.1. The van der Waals surface area contributed by atoms with Gasteiger partial charge in [-0.1, -0.05) is 12.1 Å². The number of aromatic hydroxyl groups is 1. The minimum absolute atomic E-state index is 0.267. The molecular weight excluding hydrogens is 350 g/mol. The number of piperidine rings is 3. The molecule has 2 aromatic rings. The van der Waals surface area contributed by atoms with Gasteiger partial charge in [-0.25, -0.2) is 0 Å². The average Bonchev–Trinajstić information content (AvgIpc) is 3.17. The molecule has 4 aliphatic heterocycles. The number of carbonyl (C=O) groups excluding carboxylic acids is 1. The Morgan fingerprint density at radius 2 is 1.89 bits per heavy atom. The average molecular weight is 377 g/mol. The Morgan fingerprint density at radius 3 is 2.64 bits per heavy atom. The summed E-state index contributed by atoms with van der Waals surface area (Å²) in [5.41, 5.74) is 2.32. The van der Waals surface area contributed by atoms with Crippen molar-refractivity contribution in [3.8, 4) is 5.75 Å². The van der Waals surface area contributed by atoms with Crippen molar-refractivity contribution in [3.05, 3.63) is 59.9 Å². The fourth-order valence-electron chi connectivity index (χ4n) is 5.70. The highest BCUT2D eigenvalue weighted by Gasteiger charge is 2.54. The fourth-order valence-corrected chi connectivity index (χ4v) is 5.70. The molecule has 0 saturated carbocycles. The molecule has 1 aromatic heterocycles. The minimum atomic E-state index is 0.267. The summed E-state index contributed by atoms with van der Waals surface area (Å²) in [6.07, 6.45) is 7.28. The minimum Gasteiger partial charge on any atom is -0.508 e. The van der Waals surface area contributed by atoms with Crippen LogP contribution in [0.5, 0.6) is 5.75 Å². The van der Waals surface area contributed by atoms with E-state index in [2.05, 4.69) is 20.9 Å². The number of benzene rings is 1. The number of hydrogen-bond donors (Lipinski definition) is 1. The van der Waals surface area contributed by atoms with Crippen LogP contribution < -0.4 is 0 Å². The molecule has 0 unspecified atom stereocenters. The second-order valence-corrected chi connectivity index (χ2v) is 8.46. The third-order valence-electron chi connectivity index (χ3n) is 6.99. The van der Waals surface area contributed by atoms with Gasteiger partial charge in [-0.2, -0.15) is 0 Å². The van der Waals surface area contributed by atoms with Crippen LogP contribution in [-0.4, -0.2) is 57.5 Å². The Hall–Kier alpha value is -2.40. The van der Waals surface area contributed by atoms with Gasteiger partial charge in [0.2, 0.25) is 5.91 Å². The van der Waals surface area contributed by atoms with Gasteiger partial charge in [-0.05, 0) is 73.7 Å². The molecule has 2 bridgehead atoms. The number of likely N-dealkylation sites (tertiary alicyclic amines) is 1. The summed E-state index contributed by atoms with van der Waals surface area (Å²) in [5.74, 6) is 1.47. The number of rotatable bonds is 4. The van der Waals surface area contributed by atoms with Crippen molar-refractivity contribution in [1.29, 1.82) is 0 Å². The number of aromatic nitrogens is 1. The van der Waals surface area contributed by atoms with E-state index in [9.17, 15) is 9.90 Å². The van der Waals surface area contributed by atoms with Crippen molar-refractivity contribution in [2.45, 2.75) is 43.7 Å². The zero-order valence-corrected chi connectivity index (χ0v) is 16.1. The van der Waals surface area contributed by atoms with E-state index < -0.39 is 0 Å². The van der Waals surface area contributed by atoms with E-state index in [1.165, 1.54) is 12.8 Å². The molecule has 5 heteroatoms. The summed E-state index contributed by atoms with van der Waals surface area (Å²) >= 11 is 0. The number of hydrogen-bond acceptors (Lipinski definition) is 4. The maximum absolute atomic E-state index is 13.2. The highest BCUT2D eigenvalue weighted by Crippen LogP contribution is 2.47. The van der Waals surface area contributed by atoms with Gasteiger partial charge in [0.05, 0.1) is 6.04 Å². The normalized spacial score (nSPS) is 31.0. The van der Waals surface area contributed by atoms with Gasteiger partial charge in [0, 0.05) is 37.3 Å². The Morgan fingerprint density at radius 1 is 1.11 bits per heavy atom. The quantitative estimate of drug-likeness (QED) is 0.890. The van der Waals surface area contributed by atoms with E-state index >= 15 is 0 Å². The summed E-state index contributed by atoms with van der Waals surface area (Å²) in [4.78, 5) is 22.1. The Labute approximate surface area is 166 Å². The summed E-state index contributed by atoms with van der Waals surface area (Å²) in [6, 6.07) is 12.3. The number of pyridine rings is 1. The van der Waals surface area contributed by atoms with Crippen LogP contribution in [0.4, 0.5) is 0 Å². The first-order chi connectivity index (χ1) is 13.7. The highest BCUT2D eigenvalue weighted by molar-refractivity contribution is 5.77. The lowest BCUT2D eigenvalue weighted by molar-refractivity contribution is -0.135. The maximum atomic E-state index is 13.2. The van der Waals surface area contributed by atoms with Crippen molar-refractivity contribution in [1.82, 2.24) is 14.8 Å². The lowest BCUT2D eigenvalue weighted by Gasteiger charge is -2.51. The van der Waals surface area contributed by atoms with E-state index in [4.69, 9.17) is 0 Å². The fraction of sp³-hybridized carbons (Fsp3) is 0.478. The summed E-state index contributed by atoms with van der Waals surface area (Å²) in [6.45, 7) is 3.04. The second-order valence-electron chi connectivity index (χ2n) is 8.46. The van der Waals surface area contributed by atoms with Crippen molar-refractivity contribution in [3.63, 3.8) is 0 Å². The lowest BCUT2D eigenvalue weighted by atomic mass is 9.75. The van der Waals surface area contributed by atoms with Gasteiger partial charge in [0.15, 0.2) is 0 Å². The standard InChI is InChI=1S/C23H27N3O2/c27-19-3-1-2-18(14-19)20-15-26(21(28)5-4-16-6-10-24-11-7-16)22-17-8-12-25(13-9-17)23(20)22/h1-3,6-7,10-11,14,17,20,22-23,27H,4-5,8-9,12-13,15H2/t20-,22+,23+/m0/s1. The third-order valence-corrected chi connectivity index (χ3v) is 6.99. The predicted octanol–water partition coefficient (Wildman–Crippen LogP) is 2.81. The molecule has 1 N–H and O–H groups in total. The van der Waals surface area contributed by atoms with Crippen molar-refractivity contribution >= 4 is 5.91 Å². The molecule has 6 rings (SSSR count). The van der Waals surface area contributed by atoms with Gasteiger partial charge in [0.25, 0.3) is 0 Å². The van der Waals surface area contributed by atoms with Crippen LogP contribution >= 0.6 is 0 Å². The van der Waals surface area contributed by atoms with Crippen molar-refractivity contribution in [2.75, 3.05) is 19.6 Å². The monoisotopic (exact) mass is 377 g/mol. The number of phenolic OH excluding ortho intramolecular Hbond substituents is 1. The number of aryl methyl sites for hydroxylation is 1. The second kappa shape index (κ2) is 7.21. The van der Waals surface area contributed by atoms with Crippen LogP contribution in [-0.2, 0) is 11.2 Å². The number of phenols is 1. The van der Waals surface area contributed by atoms with Crippen LogP contribution in [0, 0.1) is 5.92 Å². The molecule has 4 fully saturated rings. The van der Waals surface area contributed by atoms with Gasteiger partial charge >= 0.3 is 0 Å². The highest BCUT2D eigenvalue weighted by atomic mass is 16.3. The predicted molar refractivity (Wildman–Crippen MR) is 107 cm³/mol. The lowest BCUT2D eigenvalue weighted by Crippen LogP contribution is -2.60. The van der Waals surface area contributed by atoms with E-state index in [1.54, 1.807) is 18.5 Å². The van der Waals surface area contributed by atoms with E-state index in [0.29, 0.717) is 30.2 Å². The Bertz CT molecular complexity index is 848. The van der Waals surface area contributed by atoms with Gasteiger partial charge in [0.1, 0.15) is 5.75 Å². The SMILES string of the molecule is O=C(CCc1ccncc1)N1C[C@@H](c2cccc(O)c2)[C@@H]2[C@H]1C1CCN2CC1. The third kappa shape index (κ3) is 3.08. The zero-order chi connectivity index (χ0) is 19.1. The van der Waals surface area contributed by atoms with Crippen molar-refractivity contribution in [2.24, 2.45) is 5.92 Å². The molecule has 1 amide bonds. The van der Waals surface area contributed by atoms with Crippen LogP contribution in [0.1, 0.15) is 36.3 Å². The molecule has 1 aromatic carbocycles. The molecule has 5 nitrogen and oxygen atoms in total. The molecule has 4 saturated heterocycles. The van der Waals surface area contributed by atoms with Gasteiger partial charge in [-0.15, -0.1) is 0 Å². The van der Waals surface area contributed by atoms with Gasteiger partial charge in [-0.3, -0.25) is 14.7 Å². The first-order valence-electron chi connectivity index (χ1n) is 10.4. The number of nitrogens with zero attached hydrogens (tertiary/aromatic N) is 3. The number of carbonyl (C=O) groups is 1. The number of fused-ring (bicyclic) bond motifs is 2. The molecule has 146 valence electrons. The Kier molecular flexibility index (Phi) is 4.55. The topological polar surface area (TPSA) is 56.7 Å². The van der Waals surface area contributed by atoms with Crippen LogP contribution in [0.25, 0.3) is 0 Å². The summed E-state index contributed by atoms with van der Waals surface area (Å²) in [5, 5.41) is 9.99. The largest absolute Gasteiger partial charge is 0.508 e. The van der Waals surface area contributed by atoms with E-state index in [1.807, 2.05) is 24.3 Å². The van der Waals surface area contributed by atoms with Crippen molar-refractivity contribution < 1.29 is 9.90 Å². The van der Waals surface area contributed by atoms with Crippen LogP contribution in [0.15, 0.2) is 48.8 Å². The molecule has 0 aliphatic carbocycles. The van der Waals surface area contributed by atoms with E-state index in [0.717, 1.165) is 37.2 Å². The maximum Gasteiger partial charge on any atom is 0.223 e. The first kappa shape index (κ1) is 17.7. The molecule has 4 aliphatic rings. The molecular formula is C23H27N3O2.